The molecule has 0 heterocycles. The Bertz CT molecular complexity index is 640. The number of rotatable bonds is 3. The summed E-state index contributed by atoms with van der Waals surface area (Å²) in [5.74, 6) is 0. The number of aryl methyl sites for hydroxylation is 6. The van der Waals surface area contributed by atoms with Crippen LogP contribution in [0.1, 0.15) is 40.3 Å². The topological polar surface area (TPSA) is 17.1 Å². The van der Waals surface area contributed by atoms with Gasteiger partial charge in [-0.05, 0) is 81.3 Å². The lowest BCUT2D eigenvalue weighted by Gasteiger charge is -2.24. The van der Waals surface area contributed by atoms with E-state index in [1.807, 2.05) is 0 Å². The maximum absolute atomic E-state index is 12.6. The maximum atomic E-state index is 12.6. The fourth-order valence-corrected chi connectivity index (χ4v) is 6.00. The zero-order valence-electron chi connectivity index (χ0n) is 14.7. The molecule has 0 aliphatic carbocycles. The molecule has 0 amide bonds. The van der Waals surface area contributed by atoms with Crippen LogP contribution in [0.5, 0.6) is 0 Å². The lowest BCUT2D eigenvalue weighted by atomic mass is 10.1. The van der Waals surface area contributed by atoms with E-state index in [2.05, 4.69) is 65.8 Å². The van der Waals surface area contributed by atoms with Crippen LogP contribution >= 0.6 is 7.92 Å². The summed E-state index contributed by atoms with van der Waals surface area (Å²) in [4.78, 5) is 12.6. The van der Waals surface area contributed by atoms with Crippen LogP contribution in [0.4, 0.5) is 0 Å². The van der Waals surface area contributed by atoms with Crippen LogP contribution in [0.25, 0.3) is 0 Å². The Labute approximate surface area is 135 Å². The largest absolute Gasteiger partial charge is 0.294 e. The van der Waals surface area contributed by atoms with E-state index in [1.165, 1.54) is 44.0 Å². The Morgan fingerprint density at radius 2 is 0.955 bits per heavy atom. The van der Waals surface area contributed by atoms with E-state index < -0.39 is 7.92 Å². The minimum atomic E-state index is -0.957. The summed E-state index contributed by atoms with van der Waals surface area (Å²) in [6.07, 6.45) is 0. The smallest absolute Gasteiger partial charge is 0.160 e. The van der Waals surface area contributed by atoms with Crippen molar-refractivity contribution < 1.29 is 4.79 Å². The maximum Gasteiger partial charge on any atom is 0.160 e. The van der Waals surface area contributed by atoms with Crippen molar-refractivity contribution in [2.24, 2.45) is 0 Å². The van der Waals surface area contributed by atoms with E-state index in [0.29, 0.717) is 0 Å². The molecule has 0 saturated carbocycles. The van der Waals surface area contributed by atoms with Crippen molar-refractivity contribution in [3.63, 3.8) is 0 Å². The highest BCUT2D eigenvalue weighted by Gasteiger charge is 2.25. The van der Waals surface area contributed by atoms with Crippen LogP contribution in [-0.4, -0.2) is 5.52 Å². The number of carbonyl (C=O) groups is 1. The Morgan fingerprint density at radius 3 is 1.18 bits per heavy atom. The quantitative estimate of drug-likeness (QED) is 0.762. The average Bonchev–Trinajstić information content (AvgIpc) is 2.34. The van der Waals surface area contributed by atoms with Gasteiger partial charge in [0.1, 0.15) is 0 Å². The van der Waals surface area contributed by atoms with Crippen LogP contribution in [0.15, 0.2) is 24.3 Å². The molecule has 0 aliphatic heterocycles. The van der Waals surface area contributed by atoms with Crippen molar-refractivity contribution >= 4 is 24.1 Å². The third-order valence-corrected chi connectivity index (χ3v) is 6.97. The van der Waals surface area contributed by atoms with Gasteiger partial charge in [0.15, 0.2) is 5.52 Å². The molecule has 1 nitrogen and oxygen atoms in total. The van der Waals surface area contributed by atoms with Crippen LogP contribution in [0.2, 0.25) is 0 Å². The Balaban J connectivity index is 2.76. The summed E-state index contributed by atoms with van der Waals surface area (Å²) in [6, 6.07) is 8.78. The molecular weight excluding hydrogens is 287 g/mol. The Hall–Kier alpha value is -1.46. The predicted octanol–water partition coefficient (Wildman–Crippen LogP) is 4.52. The van der Waals surface area contributed by atoms with Gasteiger partial charge >= 0.3 is 0 Å². The number of carbonyl (C=O) groups excluding carboxylic acids is 1. The lowest BCUT2D eigenvalue weighted by Crippen LogP contribution is -2.25. The summed E-state index contributed by atoms with van der Waals surface area (Å²) in [7, 11) is -0.957. The minimum absolute atomic E-state index is 0.278. The van der Waals surface area contributed by atoms with E-state index >= 15 is 0 Å². The molecule has 0 atom stereocenters. The van der Waals surface area contributed by atoms with Crippen LogP contribution in [-0.2, 0) is 4.79 Å². The molecule has 0 N–H and O–H groups in total. The van der Waals surface area contributed by atoms with Gasteiger partial charge in [-0.3, -0.25) is 4.79 Å². The predicted molar refractivity (Wildman–Crippen MR) is 98.2 cm³/mol. The molecular formula is C20H25OP. The highest BCUT2D eigenvalue weighted by molar-refractivity contribution is 7.88. The van der Waals surface area contributed by atoms with Crippen LogP contribution < -0.4 is 10.6 Å². The third-order valence-electron chi connectivity index (χ3n) is 4.03. The van der Waals surface area contributed by atoms with Gasteiger partial charge in [0, 0.05) is 7.92 Å². The van der Waals surface area contributed by atoms with E-state index in [9.17, 15) is 4.79 Å². The molecule has 0 aliphatic rings. The molecule has 0 unspecified atom stereocenters. The molecule has 2 aromatic rings. The van der Waals surface area contributed by atoms with E-state index in [-0.39, 0.29) is 5.52 Å². The molecule has 0 radical (unpaired) electrons. The number of hydrogen-bond acceptors (Lipinski definition) is 1. The van der Waals surface area contributed by atoms with Gasteiger partial charge in [-0.1, -0.05) is 35.4 Å². The first kappa shape index (κ1) is 16.9. The van der Waals surface area contributed by atoms with Crippen LogP contribution in [0, 0.1) is 41.5 Å². The third kappa shape index (κ3) is 3.15. The van der Waals surface area contributed by atoms with Crippen molar-refractivity contribution in [2.75, 3.05) is 0 Å². The van der Waals surface area contributed by atoms with Crippen molar-refractivity contribution in [1.29, 1.82) is 0 Å². The van der Waals surface area contributed by atoms with Gasteiger partial charge in [-0.2, -0.15) is 0 Å². The second kappa shape index (κ2) is 6.34. The zero-order valence-corrected chi connectivity index (χ0v) is 15.6. The SMILES string of the molecule is CC(=O)P(c1c(C)cc(C)cc1C)c1c(C)cc(C)cc1C. The highest BCUT2D eigenvalue weighted by atomic mass is 31.1. The van der Waals surface area contributed by atoms with E-state index in [4.69, 9.17) is 0 Å². The zero-order chi connectivity index (χ0) is 16.6. The molecule has 22 heavy (non-hydrogen) atoms. The molecule has 0 fully saturated rings. The Morgan fingerprint density at radius 1 is 0.682 bits per heavy atom. The monoisotopic (exact) mass is 312 g/mol. The summed E-state index contributed by atoms with van der Waals surface area (Å²) in [5.41, 5.74) is 7.73. The summed E-state index contributed by atoms with van der Waals surface area (Å²) in [5, 5.41) is 2.48. The van der Waals surface area contributed by atoms with Crippen LogP contribution in [0.3, 0.4) is 0 Å². The minimum Gasteiger partial charge on any atom is -0.294 e. The summed E-state index contributed by atoms with van der Waals surface area (Å²) < 4.78 is 0. The van der Waals surface area contributed by atoms with Gasteiger partial charge in [-0.25, -0.2) is 0 Å². The summed E-state index contributed by atoms with van der Waals surface area (Å²) >= 11 is 0. The first-order valence-corrected chi connectivity index (χ1v) is 9.03. The highest BCUT2D eigenvalue weighted by Crippen LogP contribution is 2.39. The van der Waals surface area contributed by atoms with E-state index in [0.717, 1.165) is 0 Å². The second-order valence-electron chi connectivity index (χ2n) is 6.35. The number of hydrogen-bond donors (Lipinski definition) is 0. The fourth-order valence-electron chi connectivity index (χ4n) is 3.48. The molecule has 0 bridgehead atoms. The first-order valence-electron chi connectivity index (χ1n) is 7.68. The van der Waals surface area contributed by atoms with Crippen molar-refractivity contribution in [3.8, 4) is 0 Å². The number of benzene rings is 2. The molecule has 116 valence electrons. The van der Waals surface area contributed by atoms with Gasteiger partial charge in [0.2, 0.25) is 0 Å². The van der Waals surface area contributed by atoms with Gasteiger partial charge in [-0.15, -0.1) is 0 Å². The second-order valence-corrected chi connectivity index (χ2v) is 8.54. The molecule has 2 heteroatoms. The fraction of sp³-hybridized carbons (Fsp3) is 0.350. The van der Waals surface area contributed by atoms with Crippen molar-refractivity contribution in [1.82, 2.24) is 0 Å². The molecule has 0 spiro atoms. The van der Waals surface area contributed by atoms with Gasteiger partial charge < -0.3 is 0 Å². The lowest BCUT2D eigenvalue weighted by molar-refractivity contribution is -0.109. The van der Waals surface area contributed by atoms with Crippen molar-refractivity contribution in [3.05, 3.63) is 57.6 Å². The molecule has 2 rings (SSSR count). The first-order chi connectivity index (χ1) is 10.2. The summed E-state index contributed by atoms with van der Waals surface area (Å²) in [6.45, 7) is 14.5. The normalized spacial score (nSPS) is 11.1. The molecule has 2 aromatic carbocycles. The van der Waals surface area contributed by atoms with E-state index in [1.54, 1.807) is 6.92 Å². The molecule has 0 saturated heterocycles. The standard InChI is InChI=1S/C20H25OP/c1-12-8-14(3)19(15(4)9-12)22(18(7)21)20-16(5)10-13(2)11-17(20)6/h8-11H,1-7H3. The Kier molecular flexibility index (Phi) is 4.87. The van der Waals surface area contributed by atoms with Crippen molar-refractivity contribution in [2.45, 2.75) is 48.5 Å². The molecule has 0 aromatic heterocycles. The van der Waals surface area contributed by atoms with Gasteiger partial charge in [0.05, 0.1) is 0 Å². The van der Waals surface area contributed by atoms with Gasteiger partial charge in [0.25, 0.3) is 0 Å². The average molecular weight is 312 g/mol.